The normalized spacial score (nSPS) is 11.4. The number of pyridine rings is 2. The van der Waals surface area contributed by atoms with E-state index in [9.17, 15) is 14.9 Å². The smallest absolute Gasteiger partial charge is 0.320 e. The molecule has 2 N–H and O–H groups in total. The molecule has 4 aromatic rings. The first kappa shape index (κ1) is 34.7. The summed E-state index contributed by atoms with van der Waals surface area (Å²) in [4.78, 5) is 35.5. The lowest BCUT2D eigenvalue weighted by Crippen LogP contribution is -2.32. The molecule has 0 saturated carbocycles. The number of hydrogen-bond acceptors (Lipinski definition) is 10. The first-order valence-electron chi connectivity index (χ1n) is 14.9. The van der Waals surface area contributed by atoms with Crippen LogP contribution in [0.4, 0.5) is 17.1 Å². The molecule has 0 aliphatic heterocycles. The van der Waals surface area contributed by atoms with Crippen LogP contribution in [0, 0.1) is 11.3 Å². The van der Waals surface area contributed by atoms with Gasteiger partial charge in [0.15, 0.2) is 0 Å². The molecule has 0 aliphatic carbocycles. The van der Waals surface area contributed by atoms with Gasteiger partial charge in [0.25, 0.3) is 0 Å². The number of esters is 1. The molecule has 0 spiro atoms. The van der Waals surface area contributed by atoms with E-state index >= 15 is 0 Å². The van der Waals surface area contributed by atoms with Gasteiger partial charge in [-0.1, -0.05) is 23.7 Å². The van der Waals surface area contributed by atoms with Gasteiger partial charge in [-0.15, -0.1) is 0 Å². The van der Waals surface area contributed by atoms with E-state index in [1.165, 1.54) is 12.3 Å². The number of carbonyl (C=O) groups is 2. The van der Waals surface area contributed by atoms with Crippen LogP contribution < -0.4 is 20.1 Å². The Morgan fingerprint density at radius 1 is 1.09 bits per heavy atom. The van der Waals surface area contributed by atoms with E-state index in [1.54, 1.807) is 54.6 Å². The van der Waals surface area contributed by atoms with Crippen LogP contribution >= 0.6 is 11.6 Å². The van der Waals surface area contributed by atoms with Crippen molar-refractivity contribution in [3.05, 3.63) is 89.4 Å². The van der Waals surface area contributed by atoms with Crippen molar-refractivity contribution in [3.8, 4) is 17.6 Å². The van der Waals surface area contributed by atoms with Crippen molar-refractivity contribution >= 4 is 51.4 Å². The van der Waals surface area contributed by atoms with Crippen LogP contribution in [-0.2, 0) is 20.9 Å². The molecular weight excluding hydrogens is 620 g/mol. The van der Waals surface area contributed by atoms with Gasteiger partial charge in [0.1, 0.15) is 29.8 Å². The van der Waals surface area contributed by atoms with E-state index in [0.717, 1.165) is 5.69 Å². The summed E-state index contributed by atoms with van der Waals surface area (Å²) >= 11 is 6.54. The second-order valence-electron chi connectivity index (χ2n) is 11.5. The van der Waals surface area contributed by atoms with Gasteiger partial charge in [-0.05, 0) is 71.1 Å². The van der Waals surface area contributed by atoms with Crippen molar-refractivity contribution in [2.45, 2.75) is 39.9 Å². The maximum atomic E-state index is 12.9. The molecule has 1 amide bonds. The van der Waals surface area contributed by atoms with Crippen molar-refractivity contribution < 1.29 is 23.8 Å². The summed E-state index contributed by atoms with van der Waals surface area (Å²) in [5.41, 5.74) is 2.52. The molecule has 0 unspecified atom stereocenters. The van der Waals surface area contributed by atoms with E-state index in [4.69, 9.17) is 25.8 Å². The molecule has 11 nitrogen and oxygen atoms in total. The fourth-order valence-electron chi connectivity index (χ4n) is 4.46. The highest BCUT2D eigenvalue weighted by atomic mass is 35.5. The number of halogens is 1. The lowest BCUT2D eigenvalue weighted by Gasteiger charge is -2.21. The second kappa shape index (κ2) is 15.9. The van der Waals surface area contributed by atoms with E-state index in [2.05, 4.69) is 26.7 Å². The molecular formula is C35H37ClN6O5. The zero-order chi connectivity index (χ0) is 34.0. The third kappa shape index (κ3) is 10.2. The topological polar surface area (TPSA) is 139 Å². The highest BCUT2D eigenvalue weighted by Crippen LogP contribution is 2.37. The maximum Gasteiger partial charge on any atom is 0.320 e. The Hall–Kier alpha value is -5.18. The Balaban J connectivity index is 1.53. The predicted molar refractivity (Wildman–Crippen MR) is 182 cm³/mol. The Kier molecular flexibility index (Phi) is 11.7. The Labute approximate surface area is 279 Å². The zero-order valence-electron chi connectivity index (χ0n) is 27.0. The Morgan fingerprint density at radius 3 is 2.57 bits per heavy atom. The van der Waals surface area contributed by atoms with Gasteiger partial charge in [0.2, 0.25) is 5.91 Å². The fraction of sp³-hybridized carbons (Fsp3) is 0.286. The van der Waals surface area contributed by atoms with Gasteiger partial charge >= 0.3 is 5.97 Å². The minimum absolute atomic E-state index is 0.0819. The summed E-state index contributed by atoms with van der Waals surface area (Å²) in [6.07, 6.45) is 6.20. The molecule has 2 heterocycles. The molecule has 0 atom stereocenters. The van der Waals surface area contributed by atoms with Gasteiger partial charge in [-0.3, -0.25) is 24.5 Å². The number of hydrogen-bond donors (Lipinski definition) is 2. The number of fused-ring (bicyclic) bond motifs is 1. The standard InChI is InChI=1S/C35H37ClN6O5/c1-6-45-31-18-28-26(17-29(31)41-32(43)11-9-15-42(5)21-33(44)47-35(2,3)4)34(23(19-37)20-39-28)40-24-12-13-30(27(36)16-24)46-22-25-10-7-8-14-38-25/h7-14,16-18,20H,6,15,21-22H2,1-5H3,(H,39,40)(H,41,43)/b11-9+. The van der Waals surface area contributed by atoms with Gasteiger partial charge in [0, 0.05) is 42.2 Å². The van der Waals surface area contributed by atoms with Crippen LogP contribution in [0.1, 0.15) is 39.0 Å². The van der Waals surface area contributed by atoms with E-state index in [1.807, 2.05) is 45.9 Å². The minimum Gasteiger partial charge on any atom is -0.492 e. The van der Waals surface area contributed by atoms with Crippen molar-refractivity contribution in [2.75, 3.05) is 37.4 Å². The first-order chi connectivity index (χ1) is 22.5. The summed E-state index contributed by atoms with van der Waals surface area (Å²) in [6.45, 7) is 8.31. The first-order valence-corrected chi connectivity index (χ1v) is 15.3. The van der Waals surface area contributed by atoms with Gasteiger partial charge < -0.3 is 24.8 Å². The molecule has 0 fully saturated rings. The van der Waals surface area contributed by atoms with Crippen LogP contribution in [0.15, 0.2) is 73.1 Å². The maximum absolute atomic E-state index is 12.9. The lowest BCUT2D eigenvalue weighted by molar-refractivity contribution is -0.155. The highest BCUT2D eigenvalue weighted by Gasteiger charge is 2.18. The number of ether oxygens (including phenoxy) is 3. The highest BCUT2D eigenvalue weighted by molar-refractivity contribution is 6.32. The molecule has 0 saturated heterocycles. The zero-order valence-corrected chi connectivity index (χ0v) is 27.7. The number of aromatic nitrogens is 2. The molecule has 47 heavy (non-hydrogen) atoms. The molecule has 0 radical (unpaired) electrons. The van der Waals surface area contributed by atoms with Crippen molar-refractivity contribution in [1.82, 2.24) is 14.9 Å². The molecule has 4 rings (SSSR count). The summed E-state index contributed by atoms with van der Waals surface area (Å²) in [5.74, 6) is 0.156. The largest absolute Gasteiger partial charge is 0.492 e. The van der Waals surface area contributed by atoms with Gasteiger partial charge in [0.05, 0.1) is 46.3 Å². The number of amides is 1. The Bertz CT molecular complexity index is 1800. The van der Waals surface area contributed by atoms with Crippen LogP contribution in [0.2, 0.25) is 5.02 Å². The molecule has 244 valence electrons. The van der Waals surface area contributed by atoms with Crippen molar-refractivity contribution in [1.29, 1.82) is 5.26 Å². The molecule has 0 aliphatic rings. The monoisotopic (exact) mass is 656 g/mol. The number of benzene rings is 2. The SMILES string of the molecule is CCOc1cc2ncc(C#N)c(Nc3ccc(OCc4ccccn4)c(Cl)c3)c2cc1NC(=O)/C=C/CN(C)CC(=O)OC(C)(C)C. The van der Waals surface area contributed by atoms with Crippen LogP contribution in [0.25, 0.3) is 10.9 Å². The molecule has 0 bridgehead atoms. The Morgan fingerprint density at radius 2 is 1.89 bits per heavy atom. The van der Waals surface area contributed by atoms with E-state index in [-0.39, 0.29) is 19.1 Å². The quantitative estimate of drug-likeness (QED) is 0.119. The van der Waals surface area contributed by atoms with E-state index < -0.39 is 11.5 Å². The average molecular weight is 657 g/mol. The average Bonchev–Trinajstić information content (AvgIpc) is 3.01. The predicted octanol–water partition coefficient (Wildman–Crippen LogP) is 6.64. The van der Waals surface area contributed by atoms with E-state index in [0.29, 0.717) is 63.2 Å². The third-order valence-electron chi connectivity index (χ3n) is 6.46. The number of likely N-dealkylation sites (N-methyl/N-ethyl adjacent to an activating group) is 1. The van der Waals surface area contributed by atoms with Crippen molar-refractivity contribution in [3.63, 3.8) is 0 Å². The van der Waals surface area contributed by atoms with Crippen molar-refractivity contribution in [2.24, 2.45) is 0 Å². The number of nitrogens with one attached hydrogen (secondary N) is 2. The summed E-state index contributed by atoms with van der Waals surface area (Å²) < 4.78 is 17.0. The summed E-state index contributed by atoms with van der Waals surface area (Å²) in [5, 5.41) is 17.0. The minimum atomic E-state index is -0.571. The van der Waals surface area contributed by atoms with Crippen LogP contribution in [-0.4, -0.2) is 59.1 Å². The van der Waals surface area contributed by atoms with Crippen LogP contribution in [0.3, 0.4) is 0 Å². The number of carbonyl (C=O) groups excluding carboxylic acids is 2. The van der Waals surface area contributed by atoms with Gasteiger partial charge in [-0.2, -0.15) is 5.26 Å². The fourth-order valence-corrected chi connectivity index (χ4v) is 4.69. The number of nitriles is 1. The summed E-state index contributed by atoms with van der Waals surface area (Å²) in [7, 11) is 1.76. The number of rotatable bonds is 13. The molecule has 12 heteroatoms. The molecule has 2 aromatic carbocycles. The number of nitrogens with zero attached hydrogens (tertiary/aromatic N) is 4. The third-order valence-corrected chi connectivity index (χ3v) is 6.75. The number of anilines is 3. The summed E-state index contributed by atoms with van der Waals surface area (Å²) in [6, 6.07) is 16.4. The lowest BCUT2D eigenvalue weighted by atomic mass is 10.1. The van der Waals surface area contributed by atoms with Crippen LogP contribution in [0.5, 0.6) is 11.5 Å². The second-order valence-corrected chi connectivity index (χ2v) is 11.9. The van der Waals surface area contributed by atoms with Gasteiger partial charge in [-0.25, -0.2) is 0 Å². The molecule has 2 aromatic heterocycles.